The Morgan fingerprint density at radius 3 is 2.37 bits per heavy atom. The average Bonchev–Trinajstić information content (AvgIpc) is 2.86. The second kappa shape index (κ2) is 5.12. The van der Waals surface area contributed by atoms with Gasteiger partial charge < -0.3 is 4.74 Å². The van der Waals surface area contributed by atoms with Crippen molar-refractivity contribution in [3.63, 3.8) is 0 Å². The van der Waals surface area contributed by atoms with Crippen LogP contribution in [0.4, 0.5) is 13.2 Å². The summed E-state index contributed by atoms with van der Waals surface area (Å²) < 4.78 is 46.1. The molecule has 4 heteroatoms. The second-order valence-electron chi connectivity index (χ2n) is 6.33. The fourth-order valence-electron chi connectivity index (χ4n) is 3.18. The van der Waals surface area contributed by atoms with Crippen molar-refractivity contribution in [3.05, 3.63) is 12.2 Å². The lowest BCUT2D eigenvalue weighted by atomic mass is 9.86. The van der Waals surface area contributed by atoms with Gasteiger partial charge in [-0.3, -0.25) is 0 Å². The maximum atomic E-state index is 13.8. The van der Waals surface area contributed by atoms with Crippen LogP contribution in [0, 0.1) is 17.8 Å². The summed E-state index contributed by atoms with van der Waals surface area (Å²) in [5.74, 6) is 0.475. The molecule has 110 valence electrons. The Balaban J connectivity index is 2.07. The molecule has 2 aliphatic rings. The van der Waals surface area contributed by atoms with Crippen LogP contribution in [0.1, 0.15) is 46.5 Å². The van der Waals surface area contributed by atoms with E-state index in [2.05, 4.69) is 13.0 Å². The molecule has 4 atom stereocenters. The molecule has 19 heavy (non-hydrogen) atoms. The van der Waals surface area contributed by atoms with Crippen molar-refractivity contribution in [2.24, 2.45) is 17.8 Å². The van der Waals surface area contributed by atoms with Crippen LogP contribution in [0.25, 0.3) is 0 Å². The van der Waals surface area contributed by atoms with E-state index in [0.717, 1.165) is 39.5 Å². The van der Waals surface area contributed by atoms with E-state index in [4.69, 9.17) is 4.74 Å². The van der Waals surface area contributed by atoms with Crippen molar-refractivity contribution < 1.29 is 17.9 Å². The lowest BCUT2D eigenvalue weighted by Crippen LogP contribution is -2.46. The van der Waals surface area contributed by atoms with E-state index in [9.17, 15) is 13.2 Å². The molecule has 0 aliphatic heterocycles. The highest BCUT2D eigenvalue weighted by molar-refractivity contribution is 5.14. The van der Waals surface area contributed by atoms with Crippen LogP contribution in [0.3, 0.4) is 0 Å². The number of hydrogen-bond acceptors (Lipinski definition) is 1. The number of halogens is 3. The maximum Gasteiger partial charge on any atom is 0.389 e. The number of unbranched alkanes of at least 4 members (excludes halogenated alkanes) is 1. The monoisotopic (exact) mass is 276 g/mol. The number of allylic oxidation sites excluding steroid dienone is 1. The molecular weight excluding hydrogens is 253 g/mol. The van der Waals surface area contributed by atoms with E-state index >= 15 is 0 Å². The minimum Gasteiger partial charge on any atom is -0.314 e. The third-order valence-corrected chi connectivity index (χ3v) is 4.41. The molecule has 1 nitrogen and oxygen atoms in total. The van der Waals surface area contributed by atoms with E-state index in [1.54, 1.807) is 0 Å². The highest BCUT2D eigenvalue weighted by Crippen LogP contribution is 2.50. The first-order valence-electron chi connectivity index (χ1n) is 7.19. The van der Waals surface area contributed by atoms with E-state index in [0.29, 0.717) is 5.92 Å². The smallest absolute Gasteiger partial charge is 0.314 e. The summed E-state index contributed by atoms with van der Waals surface area (Å²) in [6, 6.07) is 0. The maximum absolute atomic E-state index is 13.8. The Kier molecular flexibility index (Phi) is 4.01. The van der Waals surface area contributed by atoms with Crippen LogP contribution in [0.15, 0.2) is 12.2 Å². The van der Waals surface area contributed by atoms with E-state index < -0.39 is 17.9 Å². The summed E-state index contributed by atoms with van der Waals surface area (Å²) in [4.78, 5) is 0. The van der Waals surface area contributed by atoms with Crippen LogP contribution in [-0.4, -0.2) is 17.9 Å². The first kappa shape index (κ1) is 14.9. The molecule has 4 unspecified atom stereocenters. The summed E-state index contributed by atoms with van der Waals surface area (Å²) in [5.41, 5.74) is -2.64. The third-order valence-electron chi connectivity index (χ3n) is 4.41. The standard InChI is InChI=1S/C15H23F3O/c1-4-5-6-12-10-7-8-11(9-10)13(12)19-15(17,18)14(2,3)16/h7-8,10-13H,4-6,9H2,1-3H3. The Morgan fingerprint density at radius 1 is 1.16 bits per heavy atom. The summed E-state index contributed by atoms with van der Waals surface area (Å²) in [6.45, 7) is 3.83. The van der Waals surface area contributed by atoms with Gasteiger partial charge in [0.2, 0.25) is 0 Å². The van der Waals surface area contributed by atoms with Gasteiger partial charge >= 0.3 is 6.11 Å². The average molecular weight is 276 g/mol. The number of alkyl halides is 3. The zero-order valence-corrected chi connectivity index (χ0v) is 11.8. The van der Waals surface area contributed by atoms with Crippen molar-refractivity contribution in [2.75, 3.05) is 0 Å². The van der Waals surface area contributed by atoms with Gasteiger partial charge in [-0.15, -0.1) is 0 Å². The van der Waals surface area contributed by atoms with Crippen LogP contribution in [0.5, 0.6) is 0 Å². The van der Waals surface area contributed by atoms with Crippen molar-refractivity contribution in [2.45, 2.75) is 64.3 Å². The van der Waals surface area contributed by atoms with Gasteiger partial charge in [0.15, 0.2) is 5.67 Å². The highest BCUT2D eigenvalue weighted by atomic mass is 19.3. The zero-order chi connectivity index (χ0) is 14.3. The Morgan fingerprint density at radius 2 is 1.79 bits per heavy atom. The van der Waals surface area contributed by atoms with Crippen LogP contribution >= 0.6 is 0 Å². The first-order chi connectivity index (χ1) is 8.76. The van der Waals surface area contributed by atoms with Gasteiger partial charge in [-0.05, 0) is 38.5 Å². The molecule has 2 rings (SSSR count). The molecule has 0 aromatic carbocycles. The van der Waals surface area contributed by atoms with Gasteiger partial charge in [-0.2, -0.15) is 8.78 Å². The Labute approximate surface area is 113 Å². The van der Waals surface area contributed by atoms with Gasteiger partial charge in [0.1, 0.15) is 0 Å². The van der Waals surface area contributed by atoms with Crippen LogP contribution < -0.4 is 0 Å². The summed E-state index contributed by atoms with van der Waals surface area (Å²) in [7, 11) is 0. The van der Waals surface area contributed by atoms with E-state index in [-0.39, 0.29) is 11.8 Å². The van der Waals surface area contributed by atoms with Gasteiger partial charge in [0.05, 0.1) is 6.10 Å². The molecule has 0 aromatic rings. The van der Waals surface area contributed by atoms with Gasteiger partial charge in [0.25, 0.3) is 0 Å². The molecule has 0 heterocycles. The molecule has 2 aliphatic carbocycles. The molecule has 0 aromatic heterocycles. The molecule has 0 radical (unpaired) electrons. The van der Waals surface area contributed by atoms with Crippen molar-refractivity contribution in [1.82, 2.24) is 0 Å². The molecule has 0 N–H and O–H groups in total. The number of rotatable bonds is 6. The lowest BCUT2D eigenvalue weighted by molar-refractivity contribution is -0.327. The lowest BCUT2D eigenvalue weighted by Gasteiger charge is -2.35. The van der Waals surface area contributed by atoms with E-state index in [1.165, 1.54) is 0 Å². The van der Waals surface area contributed by atoms with Crippen molar-refractivity contribution >= 4 is 0 Å². The quantitative estimate of drug-likeness (QED) is 0.637. The molecule has 2 bridgehead atoms. The normalized spacial score (nSPS) is 34.2. The predicted octanol–water partition coefficient (Wildman–Crippen LogP) is 4.72. The van der Waals surface area contributed by atoms with Gasteiger partial charge in [-0.1, -0.05) is 31.9 Å². The van der Waals surface area contributed by atoms with E-state index in [1.807, 2.05) is 6.08 Å². The summed E-state index contributed by atoms with van der Waals surface area (Å²) in [6.07, 6.45) is 3.62. The molecular formula is C15H23F3O. The van der Waals surface area contributed by atoms with Crippen molar-refractivity contribution in [1.29, 1.82) is 0 Å². The highest BCUT2D eigenvalue weighted by Gasteiger charge is 2.55. The number of ether oxygens (including phenoxy) is 1. The fourth-order valence-corrected chi connectivity index (χ4v) is 3.18. The van der Waals surface area contributed by atoms with Gasteiger partial charge in [0, 0.05) is 5.92 Å². The summed E-state index contributed by atoms with van der Waals surface area (Å²) in [5, 5.41) is 0. The minimum atomic E-state index is -3.72. The number of fused-ring (bicyclic) bond motifs is 2. The second-order valence-corrected chi connectivity index (χ2v) is 6.33. The fraction of sp³-hybridized carbons (Fsp3) is 0.867. The SMILES string of the molecule is CCCCC1C2C=CC(C2)C1OC(F)(F)C(C)(C)F. The Hall–Kier alpha value is -0.510. The minimum absolute atomic E-state index is 0.0279. The number of hydrogen-bond donors (Lipinski definition) is 0. The third kappa shape index (κ3) is 2.83. The summed E-state index contributed by atoms with van der Waals surface area (Å²) >= 11 is 0. The molecule has 0 saturated heterocycles. The molecule has 1 saturated carbocycles. The zero-order valence-electron chi connectivity index (χ0n) is 11.8. The first-order valence-corrected chi connectivity index (χ1v) is 7.19. The predicted molar refractivity (Wildman–Crippen MR) is 68.8 cm³/mol. The van der Waals surface area contributed by atoms with Crippen LogP contribution in [-0.2, 0) is 4.74 Å². The van der Waals surface area contributed by atoms with Gasteiger partial charge in [-0.25, -0.2) is 4.39 Å². The molecule has 0 amide bonds. The molecule has 1 fully saturated rings. The van der Waals surface area contributed by atoms with Crippen molar-refractivity contribution in [3.8, 4) is 0 Å². The topological polar surface area (TPSA) is 9.23 Å². The molecule has 0 spiro atoms. The van der Waals surface area contributed by atoms with Crippen LogP contribution in [0.2, 0.25) is 0 Å². The Bertz CT molecular complexity index is 346. The largest absolute Gasteiger partial charge is 0.389 e.